The van der Waals surface area contributed by atoms with Crippen molar-refractivity contribution in [2.75, 3.05) is 30.4 Å². The molecule has 1 aliphatic rings. The fraction of sp³-hybridized carbons (Fsp3) is 0.238. The molecule has 7 nitrogen and oxygen atoms in total. The van der Waals surface area contributed by atoms with Crippen molar-refractivity contribution in [1.82, 2.24) is 15.2 Å². The minimum absolute atomic E-state index is 0.280. The Bertz CT molecular complexity index is 969. The zero-order valence-electron chi connectivity index (χ0n) is 15.6. The molecule has 1 aromatic carbocycles. The molecule has 1 amide bonds. The van der Waals surface area contributed by atoms with Gasteiger partial charge in [0.25, 0.3) is 5.91 Å². The third kappa shape index (κ3) is 3.78. The predicted molar refractivity (Wildman–Crippen MR) is 108 cm³/mol. The largest absolute Gasteiger partial charge is 0.480 e. The molecule has 3 aromatic rings. The van der Waals surface area contributed by atoms with Crippen LogP contribution in [-0.2, 0) is 0 Å². The Balaban J connectivity index is 1.52. The van der Waals surface area contributed by atoms with Crippen LogP contribution < -0.4 is 15.0 Å². The average molecular weight is 375 g/mol. The Morgan fingerprint density at radius 3 is 2.68 bits per heavy atom. The van der Waals surface area contributed by atoms with E-state index in [2.05, 4.69) is 25.4 Å². The van der Waals surface area contributed by atoms with Crippen molar-refractivity contribution in [2.45, 2.75) is 12.8 Å². The van der Waals surface area contributed by atoms with Crippen LogP contribution in [0.25, 0.3) is 11.3 Å². The summed E-state index contributed by atoms with van der Waals surface area (Å²) in [4.78, 5) is 18.9. The normalized spacial score (nSPS) is 13.4. The van der Waals surface area contributed by atoms with E-state index in [1.165, 1.54) is 20.0 Å². The van der Waals surface area contributed by atoms with Gasteiger partial charge >= 0.3 is 0 Å². The fourth-order valence-electron chi connectivity index (χ4n) is 3.28. The fourth-order valence-corrected chi connectivity index (χ4v) is 3.28. The first-order chi connectivity index (χ1) is 13.7. The molecule has 0 radical (unpaired) electrons. The molecule has 28 heavy (non-hydrogen) atoms. The van der Waals surface area contributed by atoms with Gasteiger partial charge in [0.15, 0.2) is 5.82 Å². The Kier molecular flexibility index (Phi) is 5.14. The lowest BCUT2D eigenvalue weighted by atomic mass is 10.1. The Labute approximate surface area is 163 Å². The second kappa shape index (κ2) is 8.04. The molecule has 7 heteroatoms. The van der Waals surface area contributed by atoms with Gasteiger partial charge in [0.2, 0.25) is 5.88 Å². The number of carbonyl (C=O) groups excluding carboxylic acids is 1. The number of nitrogens with zero attached hydrogens (tertiary/aromatic N) is 4. The van der Waals surface area contributed by atoms with Gasteiger partial charge in [-0.1, -0.05) is 12.1 Å². The van der Waals surface area contributed by atoms with Crippen LogP contribution in [0.2, 0.25) is 0 Å². The highest BCUT2D eigenvalue weighted by molar-refractivity contribution is 6.06. The standard InChI is InChI=1S/C21H21N5O2/c1-28-21-17(8-5-11-22-21)20(27)23-16-7-4-6-15(14-16)18-9-10-19(25-24-18)26-12-2-3-13-26/h4-11,14H,2-3,12-13H2,1H3,(H,23,27). The van der Waals surface area contributed by atoms with Crippen molar-refractivity contribution < 1.29 is 9.53 Å². The summed E-state index contributed by atoms with van der Waals surface area (Å²) in [5.74, 6) is 0.923. The summed E-state index contributed by atoms with van der Waals surface area (Å²) < 4.78 is 5.16. The lowest BCUT2D eigenvalue weighted by Gasteiger charge is -2.15. The van der Waals surface area contributed by atoms with Gasteiger partial charge in [-0.2, -0.15) is 0 Å². The molecule has 1 aliphatic heterocycles. The lowest BCUT2D eigenvalue weighted by molar-refractivity contribution is 0.102. The van der Waals surface area contributed by atoms with E-state index in [0.717, 1.165) is 30.2 Å². The van der Waals surface area contributed by atoms with Crippen LogP contribution in [0.3, 0.4) is 0 Å². The van der Waals surface area contributed by atoms with Crippen LogP contribution in [0.15, 0.2) is 54.7 Å². The van der Waals surface area contributed by atoms with E-state index in [-0.39, 0.29) is 5.91 Å². The smallest absolute Gasteiger partial charge is 0.261 e. The number of aromatic nitrogens is 3. The van der Waals surface area contributed by atoms with Crippen LogP contribution in [0.4, 0.5) is 11.5 Å². The van der Waals surface area contributed by atoms with Crippen molar-refractivity contribution in [3.8, 4) is 17.1 Å². The SMILES string of the molecule is COc1ncccc1C(=O)Nc1cccc(-c2ccc(N3CCCC3)nn2)c1. The summed E-state index contributed by atoms with van der Waals surface area (Å²) in [6.07, 6.45) is 3.99. The molecule has 0 saturated carbocycles. The second-order valence-corrected chi connectivity index (χ2v) is 6.57. The molecule has 1 saturated heterocycles. The summed E-state index contributed by atoms with van der Waals surface area (Å²) in [7, 11) is 1.49. The quantitative estimate of drug-likeness (QED) is 0.736. The number of anilines is 2. The van der Waals surface area contributed by atoms with Gasteiger partial charge in [0.1, 0.15) is 5.56 Å². The minimum Gasteiger partial charge on any atom is -0.480 e. The Morgan fingerprint density at radius 2 is 1.93 bits per heavy atom. The highest BCUT2D eigenvalue weighted by atomic mass is 16.5. The van der Waals surface area contributed by atoms with E-state index in [9.17, 15) is 4.79 Å². The third-order valence-corrected chi connectivity index (χ3v) is 4.71. The van der Waals surface area contributed by atoms with Crippen molar-refractivity contribution in [3.05, 3.63) is 60.3 Å². The number of methoxy groups -OCH3 is 1. The lowest BCUT2D eigenvalue weighted by Crippen LogP contribution is -2.19. The van der Waals surface area contributed by atoms with E-state index in [4.69, 9.17) is 4.74 Å². The van der Waals surface area contributed by atoms with Gasteiger partial charge in [-0.05, 0) is 49.2 Å². The summed E-state index contributed by atoms with van der Waals surface area (Å²) in [5, 5.41) is 11.6. The van der Waals surface area contributed by atoms with Crippen LogP contribution in [-0.4, -0.2) is 41.3 Å². The molecule has 0 atom stereocenters. The van der Waals surface area contributed by atoms with Gasteiger partial charge in [-0.3, -0.25) is 4.79 Å². The first-order valence-electron chi connectivity index (χ1n) is 9.24. The number of pyridine rings is 1. The summed E-state index contributed by atoms with van der Waals surface area (Å²) in [6, 6.07) is 14.9. The zero-order chi connectivity index (χ0) is 19.3. The third-order valence-electron chi connectivity index (χ3n) is 4.71. The highest BCUT2D eigenvalue weighted by Crippen LogP contribution is 2.24. The summed E-state index contributed by atoms with van der Waals surface area (Å²) in [6.45, 7) is 2.07. The Hall–Kier alpha value is -3.48. The van der Waals surface area contributed by atoms with Crippen molar-refractivity contribution in [2.24, 2.45) is 0 Å². The van der Waals surface area contributed by atoms with Gasteiger partial charge in [0.05, 0.1) is 12.8 Å². The summed E-state index contributed by atoms with van der Waals surface area (Å²) in [5.41, 5.74) is 2.69. The van der Waals surface area contributed by atoms with Gasteiger partial charge < -0.3 is 15.0 Å². The van der Waals surface area contributed by atoms with Crippen molar-refractivity contribution in [1.29, 1.82) is 0 Å². The molecule has 0 unspecified atom stereocenters. The van der Waals surface area contributed by atoms with E-state index in [1.54, 1.807) is 18.3 Å². The monoisotopic (exact) mass is 375 g/mol. The van der Waals surface area contributed by atoms with Crippen molar-refractivity contribution >= 4 is 17.4 Å². The molecule has 1 fully saturated rings. The molecule has 4 rings (SSSR count). The van der Waals surface area contributed by atoms with E-state index >= 15 is 0 Å². The number of benzene rings is 1. The molecular formula is C21H21N5O2. The highest BCUT2D eigenvalue weighted by Gasteiger charge is 2.15. The van der Waals surface area contributed by atoms with Crippen LogP contribution in [0.1, 0.15) is 23.2 Å². The maximum Gasteiger partial charge on any atom is 0.261 e. The molecule has 3 heterocycles. The number of carbonyl (C=O) groups is 1. The van der Waals surface area contributed by atoms with E-state index in [1.807, 2.05) is 36.4 Å². The predicted octanol–water partition coefficient (Wildman–Crippen LogP) is 3.40. The zero-order valence-corrected chi connectivity index (χ0v) is 15.6. The number of hydrogen-bond donors (Lipinski definition) is 1. The number of rotatable bonds is 5. The number of nitrogens with one attached hydrogen (secondary N) is 1. The van der Waals surface area contributed by atoms with Gasteiger partial charge in [-0.15, -0.1) is 10.2 Å². The van der Waals surface area contributed by atoms with Crippen LogP contribution in [0, 0.1) is 0 Å². The second-order valence-electron chi connectivity index (χ2n) is 6.57. The van der Waals surface area contributed by atoms with Gasteiger partial charge in [-0.25, -0.2) is 4.98 Å². The minimum atomic E-state index is -0.280. The average Bonchev–Trinajstić information content (AvgIpc) is 3.29. The number of ether oxygens (including phenoxy) is 1. The maximum absolute atomic E-state index is 12.6. The first kappa shape index (κ1) is 17.9. The topological polar surface area (TPSA) is 80.2 Å². The first-order valence-corrected chi connectivity index (χ1v) is 9.24. The maximum atomic E-state index is 12.6. The number of amides is 1. The van der Waals surface area contributed by atoms with E-state index < -0.39 is 0 Å². The molecule has 142 valence electrons. The Morgan fingerprint density at radius 1 is 1.07 bits per heavy atom. The van der Waals surface area contributed by atoms with E-state index in [0.29, 0.717) is 17.1 Å². The van der Waals surface area contributed by atoms with Crippen molar-refractivity contribution in [3.63, 3.8) is 0 Å². The van der Waals surface area contributed by atoms with Crippen LogP contribution >= 0.6 is 0 Å². The van der Waals surface area contributed by atoms with Crippen LogP contribution in [0.5, 0.6) is 5.88 Å². The molecule has 1 N–H and O–H groups in total. The number of hydrogen-bond acceptors (Lipinski definition) is 6. The molecule has 0 spiro atoms. The molecule has 2 aromatic heterocycles. The molecule has 0 aliphatic carbocycles. The summed E-state index contributed by atoms with van der Waals surface area (Å²) >= 11 is 0. The molecule has 0 bridgehead atoms. The van der Waals surface area contributed by atoms with Gasteiger partial charge in [0, 0.05) is 30.5 Å². The molecular weight excluding hydrogens is 354 g/mol.